The van der Waals surface area contributed by atoms with Crippen molar-refractivity contribution >= 4 is 29.2 Å². The number of phenols is 1. The molecular formula is C22H19Cl2NO5. The minimum Gasteiger partial charge on any atom is -0.508 e. The highest BCUT2D eigenvalue weighted by atomic mass is 35.5. The maximum absolute atomic E-state index is 10.9. The number of halogens is 2. The molecule has 156 valence electrons. The van der Waals surface area contributed by atoms with Gasteiger partial charge in [-0.05, 0) is 66.1 Å². The molecule has 3 rings (SSSR count). The van der Waals surface area contributed by atoms with E-state index in [4.69, 9.17) is 43.5 Å². The van der Waals surface area contributed by atoms with Gasteiger partial charge in [0.25, 0.3) is 0 Å². The summed E-state index contributed by atoms with van der Waals surface area (Å²) in [4.78, 5) is 10.9. The molecule has 0 fully saturated rings. The van der Waals surface area contributed by atoms with E-state index >= 15 is 0 Å². The molecule has 0 aliphatic carbocycles. The van der Waals surface area contributed by atoms with Gasteiger partial charge < -0.3 is 25.4 Å². The first kappa shape index (κ1) is 21.8. The Morgan fingerprint density at radius 3 is 2.00 bits per heavy atom. The summed E-state index contributed by atoms with van der Waals surface area (Å²) in [7, 11) is 0. The van der Waals surface area contributed by atoms with E-state index < -0.39 is 12.0 Å². The van der Waals surface area contributed by atoms with E-state index in [-0.39, 0.29) is 28.8 Å². The van der Waals surface area contributed by atoms with Crippen molar-refractivity contribution in [3.8, 4) is 23.0 Å². The minimum atomic E-state index is -1.10. The second-order valence-corrected chi connectivity index (χ2v) is 7.38. The fourth-order valence-electron chi connectivity index (χ4n) is 2.67. The predicted octanol–water partition coefficient (Wildman–Crippen LogP) is 5.02. The average Bonchev–Trinajstić information content (AvgIpc) is 2.70. The summed E-state index contributed by atoms with van der Waals surface area (Å²) in [5.41, 5.74) is 7.04. The number of hydrogen-bond acceptors (Lipinski definition) is 5. The van der Waals surface area contributed by atoms with Gasteiger partial charge >= 0.3 is 5.97 Å². The zero-order valence-corrected chi connectivity index (χ0v) is 17.2. The maximum atomic E-state index is 10.9. The highest BCUT2D eigenvalue weighted by molar-refractivity contribution is 6.37. The molecule has 1 unspecified atom stereocenters. The lowest BCUT2D eigenvalue weighted by atomic mass is 10.1. The fourth-order valence-corrected chi connectivity index (χ4v) is 3.31. The number of benzene rings is 3. The molecule has 0 heterocycles. The average molecular weight is 448 g/mol. The van der Waals surface area contributed by atoms with Gasteiger partial charge in [-0.2, -0.15) is 0 Å². The van der Waals surface area contributed by atoms with Crippen LogP contribution in [0.5, 0.6) is 23.0 Å². The standard InChI is InChI=1S/C22H19Cl2NO5/c23-18-9-14(11-20(25)22(27)28)10-19(24)21(18)29-12-13-1-5-16(6-2-13)30-17-7-3-15(26)4-8-17/h1-10,20,26H,11-12,25H2,(H,27,28). The molecule has 4 N–H and O–H groups in total. The van der Waals surface area contributed by atoms with Crippen LogP contribution in [0.2, 0.25) is 10.0 Å². The van der Waals surface area contributed by atoms with E-state index in [1.54, 1.807) is 48.5 Å². The van der Waals surface area contributed by atoms with Gasteiger partial charge in [0.15, 0.2) is 5.75 Å². The summed E-state index contributed by atoms with van der Waals surface area (Å²) < 4.78 is 11.5. The van der Waals surface area contributed by atoms with Crippen LogP contribution in [0.4, 0.5) is 0 Å². The molecule has 0 spiro atoms. The largest absolute Gasteiger partial charge is 0.508 e. The zero-order chi connectivity index (χ0) is 21.7. The Morgan fingerprint density at radius 2 is 1.47 bits per heavy atom. The Morgan fingerprint density at radius 1 is 0.933 bits per heavy atom. The molecule has 0 aromatic heterocycles. The number of hydrogen-bond donors (Lipinski definition) is 3. The van der Waals surface area contributed by atoms with Crippen molar-refractivity contribution < 1.29 is 24.5 Å². The van der Waals surface area contributed by atoms with Crippen LogP contribution >= 0.6 is 23.2 Å². The number of aliphatic carboxylic acids is 1. The lowest BCUT2D eigenvalue weighted by molar-refractivity contribution is -0.138. The number of ether oxygens (including phenoxy) is 2. The van der Waals surface area contributed by atoms with Gasteiger partial charge in [-0.3, -0.25) is 4.79 Å². The Kier molecular flexibility index (Phi) is 7.05. The number of nitrogens with two attached hydrogens (primary N) is 1. The molecule has 0 saturated heterocycles. The van der Waals surface area contributed by atoms with E-state index in [2.05, 4.69) is 0 Å². The van der Waals surface area contributed by atoms with Crippen LogP contribution in [0, 0.1) is 0 Å². The molecule has 3 aromatic rings. The molecule has 0 radical (unpaired) electrons. The highest BCUT2D eigenvalue weighted by Gasteiger charge is 2.16. The summed E-state index contributed by atoms with van der Waals surface area (Å²) in [6, 6.07) is 15.9. The quantitative estimate of drug-likeness (QED) is 0.447. The molecule has 3 aromatic carbocycles. The Labute approximate surface area is 183 Å². The van der Waals surface area contributed by atoms with E-state index in [9.17, 15) is 9.90 Å². The SMILES string of the molecule is NC(Cc1cc(Cl)c(OCc2ccc(Oc3ccc(O)cc3)cc2)c(Cl)c1)C(=O)O. The van der Waals surface area contributed by atoms with Crippen molar-refractivity contribution in [2.45, 2.75) is 19.1 Å². The third-order valence-electron chi connectivity index (χ3n) is 4.21. The smallest absolute Gasteiger partial charge is 0.320 e. The van der Waals surface area contributed by atoms with Crippen LogP contribution in [0.25, 0.3) is 0 Å². The van der Waals surface area contributed by atoms with Crippen LogP contribution in [0.1, 0.15) is 11.1 Å². The topological polar surface area (TPSA) is 102 Å². The summed E-state index contributed by atoms with van der Waals surface area (Å²) in [5.74, 6) is 0.637. The fraction of sp³-hybridized carbons (Fsp3) is 0.136. The maximum Gasteiger partial charge on any atom is 0.320 e. The molecule has 0 amide bonds. The number of rotatable bonds is 8. The first-order valence-corrected chi connectivity index (χ1v) is 9.72. The molecule has 0 bridgehead atoms. The molecule has 0 saturated carbocycles. The molecular weight excluding hydrogens is 429 g/mol. The number of aromatic hydroxyl groups is 1. The van der Waals surface area contributed by atoms with Crippen LogP contribution in [0.3, 0.4) is 0 Å². The first-order chi connectivity index (χ1) is 14.3. The van der Waals surface area contributed by atoms with Crippen molar-refractivity contribution in [2.75, 3.05) is 0 Å². The van der Waals surface area contributed by atoms with Gasteiger partial charge in [0.2, 0.25) is 0 Å². The normalized spacial score (nSPS) is 11.7. The van der Waals surface area contributed by atoms with Crippen LogP contribution < -0.4 is 15.2 Å². The predicted molar refractivity (Wildman–Crippen MR) is 115 cm³/mol. The van der Waals surface area contributed by atoms with Crippen molar-refractivity contribution in [3.63, 3.8) is 0 Å². The van der Waals surface area contributed by atoms with E-state index in [0.717, 1.165) is 5.56 Å². The first-order valence-electron chi connectivity index (χ1n) is 8.97. The lowest BCUT2D eigenvalue weighted by Crippen LogP contribution is -2.32. The van der Waals surface area contributed by atoms with Crippen molar-refractivity contribution in [1.82, 2.24) is 0 Å². The molecule has 1 atom stereocenters. The van der Waals surface area contributed by atoms with Gasteiger partial charge in [0, 0.05) is 0 Å². The van der Waals surface area contributed by atoms with Crippen LogP contribution in [-0.4, -0.2) is 22.2 Å². The van der Waals surface area contributed by atoms with Crippen LogP contribution in [-0.2, 0) is 17.8 Å². The van der Waals surface area contributed by atoms with Crippen molar-refractivity contribution in [1.29, 1.82) is 0 Å². The second-order valence-electron chi connectivity index (χ2n) is 6.57. The summed E-state index contributed by atoms with van der Waals surface area (Å²) in [6.45, 7) is 0.229. The van der Waals surface area contributed by atoms with Gasteiger partial charge in [-0.1, -0.05) is 35.3 Å². The molecule has 30 heavy (non-hydrogen) atoms. The Bertz CT molecular complexity index is 1000. The molecule has 0 aliphatic rings. The summed E-state index contributed by atoms with van der Waals surface area (Å²) >= 11 is 12.5. The van der Waals surface area contributed by atoms with Crippen molar-refractivity contribution in [2.24, 2.45) is 5.73 Å². The second kappa shape index (κ2) is 9.71. The number of carbonyl (C=O) groups is 1. The number of phenolic OH excluding ortho intramolecular Hbond substituents is 1. The van der Waals surface area contributed by atoms with Gasteiger partial charge in [-0.15, -0.1) is 0 Å². The highest BCUT2D eigenvalue weighted by Crippen LogP contribution is 2.35. The molecule has 6 nitrogen and oxygen atoms in total. The Balaban J connectivity index is 1.62. The van der Waals surface area contributed by atoms with Gasteiger partial charge in [0.05, 0.1) is 10.0 Å². The minimum absolute atomic E-state index is 0.109. The van der Waals surface area contributed by atoms with E-state index in [1.807, 2.05) is 12.1 Å². The lowest BCUT2D eigenvalue weighted by Gasteiger charge is -2.13. The summed E-state index contributed by atoms with van der Waals surface area (Å²) in [6.07, 6.45) is 0.109. The third-order valence-corrected chi connectivity index (χ3v) is 4.77. The summed E-state index contributed by atoms with van der Waals surface area (Å²) in [5, 5.41) is 18.8. The van der Waals surface area contributed by atoms with E-state index in [1.165, 1.54) is 0 Å². The van der Waals surface area contributed by atoms with E-state index in [0.29, 0.717) is 22.8 Å². The third kappa shape index (κ3) is 5.79. The Hall–Kier alpha value is -2.93. The van der Waals surface area contributed by atoms with Crippen LogP contribution in [0.15, 0.2) is 60.7 Å². The zero-order valence-electron chi connectivity index (χ0n) is 15.7. The molecule has 8 heteroatoms. The van der Waals surface area contributed by atoms with Gasteiger partial charge in [-0.25, -0.2) is 0 Å². The van der Waals surface area contributed by atoms with Gasteiger partial charge in [0.1, 0.15) is 29.9 Å². The monoisotopic (exact) mass is 447 g/mol. The number of carboxylic acid groups (broad SMARTS) is 1. The van der Waals surface area contributed by atoms with Crippen molar-refractivity contribution in [3.05, 3.63) is 81.8 Å². The number of carboxylic acids is 1. The molecule has 0 aliphatic heterocycles.